The van der Waals surface area contributed by atoms with Crippen LogP contribution in [0.25, 0.3) is 0 Å². The molecule has 0 radical (unpaired) electrons. The Balaban J connectivity index is 0.000000487. The zero-order chi connectivity index (χ0) is 17.7. The van der Waals surface area contributed by atoms with Crippen molar-refractivity contribution in [1.82, 2.24) is 0 Å². The maximum Gasteiger partial charge on any atom is 0.0348 e. The molecule has 4 rings (SSSR count). The summed E-state index contributed by atoms with van der Waals surface area (Å²) in [5.41, 5.74) is 8.92. The van der Waals surface area contributed by atoms with E-state index >= 15 is 0 Å². The van der Waals surface area contributed by atoms with Gasteiger partial charge in [0.2, 0.25) is 0 Å². The smallest absolute Gasteiger partial charge is 0.0348 e. The Hall–Kier alpha value is -1.82. The first-order valence-corrected chi connectivity index (χ1v) is 9.64. The molecule has 1 atom stereocenters. The lowest BCUT2D eigenvalue weighted by molar-refractivity contribution is 0.645. The largest absolute Gasteiger partial charge is 0.0795 e. The first kappa shape index (κ1) is 18.5. The van der Waals surface area contributed by atoms with Crippen molar-refractivity contribution < 1.29 is 0 Å². The molecule has 0 aromatic rings. The molecule has 0 nitrogen and oxygen atoms in total. The van der Waals surface area contributed by atoms with Gasteiger partial charge < -0.3 is 0 Å². The minimum atomic E-state index is 0.496. The predicted molar refractivity (Wildman–Crippen MR) is 108 cm³/mol. The van der Waals surface area contributed by atoms with Crippen molar-refractivity contribution in [2.45, 2.75) is 54.4 Å². The van der Waals surface area contributed by atoms with Gasteiger partial charge in [-0.2, -0.15) is 0 Å². The molecule has 0 spiro atoms. The Morgan fingerprint density at radius 1 is 0.917 bits per heavy atom. The summed E-state index contributed by atoms with van der Waals surface area (Å²) in [5, 5.41) is 0. The quantitative estimate of drug-likeness (QED) is 0.502. The van der Waals surface area contributed by atoms with Crippen molar-refractivity contribution in [3.05, 3.63) is 82.0 Å². The fourth-order valence-electron chi connectivity index (χ4n) is 3.78. The van der Waals surface area contributed by atoms with E-state index in [2.05, 4.69) is 62.5 Å². The van der Waals surface area contributed by atoms with Crippen LogP contribution in [0.3, 0.4) is 0 Å². The molecule has 1 unspecified atom stereocenters. The van der Waals surface area contributed by atoms with Crippen molar-refractivity contribution >= 4 is 0 Å². The van der Waals surface area contributed by atoms with Gasteiger partial charge in [0.1, 0.15) is 0 Å². The Morgan fingerprint density at radius 3 is 2.38 bits per heavy atom. The third kappa shape index (κ3) is 3.48. The molecule has 0 fully saturated rings. The van der Waals surface area contributed by atoms with E-state index in [1.807, 2.05) is 27.7 Å². The molecule has 0 aliphatic heterocycles. The second-order valence-corrected chi connectivity index (χ2v) is 6.56. The standard InChI is InChI=1S/C20H20.2C2H6/c1-13(2)10-14-11-17-8-6-15-4-3-5-16-7-9-18(12-14)20(17)19(15)16;2*1-2/h3-4,6-9,11-13,20H,5,10H2,1-2H3;2*1-2H3. The van der Waals surface area contributed by atoms with Crippen LogP contribution in [-0.2, 0) is 0 Å². The zero-order valence-electron chi connectivity index (χ0n) is 16.2. The number of hydrogen-bond donors (Lipinski definition) is 0. The SMILES string of the molecule is CC.CC.CC(C)CC1=CC2=CC=C3C=CCC4=C3C2C(=C1)C=C4. The van der Waals surface area contributed by atoms with E-state index in [1.54, 1.807) is 5.57 Å². The summed E-state index contributed by atoms with van der Waals surface area (Å²) < 4.78 is 0. The van der Waals surface area contributed by atoms with Crippen LogP contribution in [0.4, 0.5) is 0 Å². The Bertz CT molecular complexity index is 682. The third-order valence-corrected chi connectivity index (χ3v) is 4.53. The van der Waals surface area contributed by atoms with Crippen LogP contribution < -0.4 is 0 Å². The summed E-state index contributed by atoms with van der Waals surface area (Å²) in [5.74, 6) is 1.21. The first-order valence-electron chi connectivity index (χ1n) is 9.64. The zero-order valence-corrected chi connectivity index (χ0v) is 16.2. The van der Waals surface area contributed by atoms with Crippen LogP contribution in [0, 0.1) is 11.8 Å². The minimum Gasteiger partial charge on any atom is -0.0795 e. The Morgan fingerprint density at radius 2 is 1.67 bits per heavy atom. The number of allylic oxidation sites excluding steroid dienone is 14. The van der Waals surface area contributed by atoms with E-state index in [-0.39, 0.29) is 0 Å². The number of hydrogen-bond acceptors (Lipinski definition) is 0. The highest BCUT2D eigenvalue weighted by Gasteiger charge is 2.32. The van der Waals surface area contributed by atoms with Gasteiger partial charge in [0, 0.05) is 5.92 Å². The van der Waals surface area contributed by atoms with Gasteiger partial charge in [0.05, 0.1) is 0 Å². The van der Waals surface area contributed by atoms with E-state index in [0.29, 0.717) is 11.8 Å². The minimum absolute atomic E-state index is 0.496. The molecule has 0 heterocycles. The highest BCUT2D eigenvalue weighted by molar-refractivity contribution is 5.67. The van der Waals surface area contributed by atoms with E-state index in [0.717, 1.165) is 6.42 Å². The molecule has 0 saturated heterocycles. The highest BCUT2D eigenvalue weighted by atomic mass is 14.4. The molecular weight excluding hydrogens is 288 g/mol. The topological polar surface area (TPSA) is 0 Å². The molecule has 0 N–H and O–H groups in total. The van der Waals surface area contributed by atoms with Gasteiger partial charge in [-0.1, -0.05) is 90.2 Å². The molecular formula is C24H32. The van der Waals surface area contributed by atoms with Gasteiger partial charge >= 0.3 is 0 Å². The molecule has 24 heavy (non-hydrogen) atoms. The molecule has 0 amide bonds. The Kier molecular flexibility index (Phi) is 6.43. The van der Waals surface area contributed by atoms with Gasteiger partial charge in [0.15, 0.2) is 0 Å². The van der Waals surface area contributed by atoms with E-state index in [9.17, 15) is 0 Å². The summed E-state index contributed by atoms with van der Waals surface area (Å²) in [6.45, 7) is 12.6. The lowest BCUT2D eigenvalue weighted by atomic mass is 9.68. The van der Waals surface area contributed by atoms with Crippen molar-refractivity contribution in [1.29, 1.82) is 0 Å². The van der Waals surface area contributed by atoms with E-state index in [1.165, 1.54) is 34.3 Å². The van der Waals surface area contributed by atoms with Crippen molar-refractivity contribution in [2.75, 3.05) is 0 Å². The lowest BCUT2D eigenvalue weighted by Gasteiger charge is -2.36. The predicted octanol–water partition coefficient (Wildman–Crippen LogP) is 7.26. The molecule has 0 heteroatoms. The summed E-state index contributed by atoms with van der Waals surface area (Å²) >= 11 is 0. The molecule has 0 saturated carbocycles. The maximum absolute atomic E-state index is 2.42. The fraction of sp³-hybridized carbons (Fsp3) is 0.417. The van der Waals surface area contributed by atoms with Gasteiger partial charge in [0.25, 0.3) is 0 Å². The normalized spacial score (nSPS) is 22.2. The molecule has 0 aromatic carbocycles. The number of rotatable bonds is 2. The van der Waals surface area contributed by atoms with Crippen LogP contribution in [-0.4, -0.2) is 0 Å². The molecule has 128 valence electrons. The average molecular weight is 321 g/mol. The van der Waals surface area contributed by atoms with Crippen molar-refractivity contribution in [3.63, 3.8) is 0 Å². The molecule has 0 aromatic heterocycles. The summed E-state index contributed by atoms with van der Waals surface area (Å²) in [7, 11) is 0. The van der Waals surface area contributed by atoms with Crippen LogP contribution in [0.15, 0.2) is 82.0 Å². The Labute approximate surface area is 148 Å². The lowest BCUT2D eigenvalue weighted by Crippen LogP contribution is -2.21. The summed E-state index contributed by atoms with van der Waals surface area (Å²) in [4.78, 5) is 0. The second-order valence-electron chi connectivity index (χ2n) is 6.56. The second kappa shape index (κ2) is 8.33. The van der Waals surface area contributed by atoms with Crippen LogP contribution in [0.1, 0.15) is 54.4 Å². The van der Waals surface area contributed by atoms with Gasteiger partial charge in [-0.3, -0.25) is 0 Å². The van der Waals surface area contributed by atoms with Gasteiger partial charge in [-0.25, -0.2) is 0 Å². The first-order chi connectivity index (χ1) is 11.7. The molecule has 0 bridgehead atoms. The van der Waals surface area contributed by atoms with Crippen molar-refractivity contribution in [3.8, 4) is 0 Å². The summed E-state index contributed by atoms with van der Waals surface area (Å²) in [6, 6.07) is 0. The van der Waals surface area contributed by atoms with Gasteiger partial charge in [-0.15, -0.1) is 0 Å². The van der Waals surface area contributed by atoms with Crippen LogP contribution in [0.2, 0.25) is 0 Å². The van der Waals surface area contributed by atoms with Crippen molar-refractivity contribution in [2.24, 2.45) is 11.8 Å². The third-order valence-electron chi connectivity index (χ3n) is 4.53. The fourth-order valence-corrected chi connectivity index (χ4v) is 3.78. The monoisotopic (exact) mass is 320 g/mol. The van der Waals surface area contributed by atoms with E-state index in [4.69, 9.17) is 0 Å². The highest BCUT2D eigenvalue weighted by Crippen LogP contribution is 2.47. The average Bonchev–Trinajstić information content (AvgIpc) is 2.62. The van der Waals surface area contributed by atoms with Crippen LogP contribution >= 0.6 is 0 Å². The molecule has 4 aliphatic carbocycles. The molecule has 4 aliphatic rings. The van der Waals surface area contributed by atoms with Crippen LogP contribution in [0.5, 0.6) is 0 Å². The maximum atomic E-state index is 2.42. The van der Waals surface area contributed by atoms with E-state index < -0.39 is 0 Å². The summed E-state index contributed by atoms with van der Waals surface area (Å²) in [6.07, 6.45) is 21.0. The van der Waals surface area contributed by atoms with Gasteiger partial charge in [-0.05, 0) is 52.2 Å².